The van der Waals surface area contributed by atoms with Gasteiger partial charge in [-0.05, 0) is 32.4 Å². The fraction of sp³-hybridized carbons (Fsp3) is 0.500. The van der Waals surface area contributed by atoms with Crippen molar-refractivity contribution in [1.29, 1.82) is 0 Å². The number of carboxylic acid groups (broad SMARTS) is 1. The molecule has 16 heavy (non-hydrogen) atoms. The molecule has 0 spiro atoms. The molecule has 1 saturated carbocycles. The minimum absolute atomic E-state index is 0.0923. The molecule has 3 atom stereocenters. The van der Waals surface area contributed by atoms with Crippen LogP contribution in [0.4, 0.5) is 0 Å². The van der Waals surface area contributed by atoms with Crippen LogP contribution in [0.1, 0.15) is 37.9 Å². The first-order chi connectivity index (χ1) is 7.52. The molecule has 0 aliphatic heterocycles. The van der Waals surface area contributed by atoms with Gasteiger partial charge in [-0.1, -0.05) is 0 Å². The maximum absolute atomic E-state index is 11.2. The minimum atomic E-state index is -0.850. The Morgan fingerprint density at radius 3 is 2.75 bits per heavy atom. The molecule has 3 unspecified atom stereocenters. The Kier molecular flexibility index (Phi) is 2.58. The number of aromatic nitrogens is 1. The van der Waals surface area contributed by atoms with E-state index >= 15 is 0 Å². The fourth-order valence-electron chi connectivity index (χ4n) is 2.16. The highest BCUT2D eigenvalue weighted by Gasteiger charge is 2.43. The third-order valence-corrected chi connectivity index (χ3v) is 3.28. The maximum Gasteiger partial charge on any atom is 0.326 e. The van der Waals surface area contributed by atoms with Crippen LogP contribution < -0.4 is 0 Å². The van der Waals surface area contributed by atoms with Gasteiger partial charge >= 0.3 is 5.97 Å². The molecule has 1 aromatic rings. The lowest BCUT2D eigenvalue weighted by atomic mass is 10.2. The molecule has 1 aliphatic rings. The highest BCUT2D eigenvalue weighted by atomic mass is 16.4. The van der Waals surface area contributed by atoms with Crippen LogP contribution in [-0.2, 0) is 9.59 Å². The van der Waals surface area contributed by atoms with Crippen LogP contribution >= 0.6 is 0 Å². The molecule has 0 aromatic carbocycles. The first kappa shape index (κ1) is 10.9. The fourth-order valence-corrected chi connectivity index (χ4v) is 2.16. The molecule has 1 aliphatic carbocycles. The van der Waals surface area contributed by atoms with Gasteiger partial charge in [0.1, 0.15) is 11.8 Å². The van der Waals surface area contributed by atoms with Crippen LogP contribution in [0.15, 0.2) is 18.3 Å². The molecule has 0 radical (unpaired) electrons. The lowest BCUT2D eigenvalue weighted by molar-refractivity contribution is -0.140. The van der Waals surface area contributed by atoms with Crippen LogP contribution in [0.25, 0.3) is 0 Å². The zero-order chi connectivity index (χ0) is 11.9. The second kappa shape index (κ2) is 3.77. The average molecular weight is 221 g/mol. The van der Waals surface area contributed by atoms with Crippen LogP contribution in [0.2, 0.25) is 0 Å². The summed E-state index contributed by atoms with van der Waals surface area (Å²) in [7, 11) is 0. The topological polar surface area (TPSA) is 59.3 Å². The van der Waals surface area contributed by atoms with E-state index < -0.39 is 12.0 Å². The number of Topliss-reactive ketones (excluding diaryl/α,β-unsaturated/α-hetero) is 1. The van der Waals surface area contributed by atoms with Gasteiger partial charge in [0.25, 0.3) is 0 Å². The van der Waals surface area contributed by atoms with E-state index in [0.717, 1.165) is 12.1 Å². The van der Waals surface area contributed by atoms with Crippen molar-refractivity contribution in [2.75, 3.05) is 0 Å². The van der Waals surface area contributed by atoms with Crippen molar-refractivity contribution >= 4 is 11.8 Å². The van der Waals surface area contributed by atoms with Crippen molar-refractivity contribution in [2.24, 2.45) is 5.92 Å². The van der Waals surface area contributed by atoms with E-state index in [1.165, 1.54) is 0 Å². The number of hydrogen-bond donors (Lipinski definition) is 1. The van der Waals surface area contributed by atoms with Gasteiger partial charge < -0.3 is 9.67 Å². The second-order valence-electron chi connectivity index (χ2n) is 4.41. The quantitative estimate of drug-likeness (QED) is 0.843. The van der Waals surface area contributed by atoms with Gasteiger partial charge in [-0.25, -0.2) is 4.79 Å². The summed E-state index contributed by atoms with van der Waals surface area (Å²) in [5, 5.41) is 8.97. The minimum Gasteiger partial charge on any atom is -0.480 e. The Morgan fingerprint density at radius 2 is 2.25 bits per heavy atom. The first-order valence-corrected chi connectivity index (χ1v) is 5.42. The number of ketones is 1. The van der Waals surface area contributed by atoms with Gasteiger partial charge in [0.05, 0.1) is 0 Å². The molecule has 1 heterocycles. The summed E-state index contributed by atoms with van der Waals surface area (Å²) in [6.07, 6.45) is 2.62. The zero-order valence-electron chi connectivity index (χ0n) is 9.38. The molecule has 4 heteroatoms. The van der Waals surface area contributed by atoms with Crippen molar-refractivity contribution in [3.63, 3.8) is 0 Å². The predicted octanol–water partition coefficient (Wildman–Crippen LogP) is 1.83. The lowest BCUT2D eigenvalue weighted by Crippen LogP contribution is -2.17. The SMILES string of the molecule is CC(=O)C1CC1c1cccn1C(C)C(=O)O. The van der Waals surface area contributed by atoms with Gasteiger partial charge in [-0.3, -0.25) is 4.79 Å². The summed E-state index contributed by atoms with van der Waals surface area (Å²) < 4.78 is 1.75. The number of carbonyl (C=O) groups is 2. The number of nitrogens with zero attached hydrogens (tertiary/aromatic N) is 1. The van der Waals surface area contributed by atoms with Crippen LogP contribution in [0.5, 0.6) is 0 Å². The van der Waals surface area contributed by atoms with Crippen LogP contribution in [-0.4, -0.2) is 21.4 Å². The summed E-state index contributed by atoms with van der Waals surface area (Å²) in [6.45, 7) is 3.25. The van der Waals surface area contributed by atoms with Crippen molar-refractivity contribution in [2.45, 2.75) is 32.2 Å². The predicted molar refractivity (Wildman–Crippen MR) is 58.3 cm³/mol. The first-order valence-electron chi connectivity index (χ1n) is 5.42. The second-order valence-corrected chi connectivity index (χ2v) is 4.41. The number of rotatable bonds is 4. The third kappa shape index (κ3) is 1.75. The van der Waals surface area contributed by atoms with Gasteiger partial charge in [0.15, 0.2) is 0 Å². The number of carboxylic acids is 1. The largest absolute Gasteiger partial charge is 0.480 e. The van der Waals surface area contributed by atoms with E-state index in [1.807, 2.05) is 12.1 Å². The standard InChI is InChI=1S/C12H15NO3/c1-7(12(15)16)13-5-3-4-11(13)10-6-9(10)8(2)14/h3-5,7,9-10H,6H2,1-2H3,(H,15,16). The number of hydrogen-bond acceptors (Lipinski definition) is 2. The smallest absolute Gasteiger partial charge is 0.326 e. The molecule has 1 fully saturated rings. The van der Waals surface area contributed by atoms with E-state index in [4.69, 9.17) is 5.11 Å². The zero-order valence-corrected chi connectivity index (χ0v) is 9.38. The Bertz CT molecular complexity index is 435. The highest BCUT2D eigenvalue weighted by Crippen LogP contribution is 2.48. The van der Waals surface area contributed by atoms with E-state index in [9.17, 15) is 9.59 Å². The summed E-state index contributed by atoms with van der Waals surface area (Å²) in [5.41, 5.74) is 0.968. The summed E-state index contributed by atoms with van der Waals surface area (Å²) in [5.74, 6) is -0.345. The normalized spacial score (nSPS) is 25.1. The van der Waals surface area contributed by atoms with Gasteiger partial charge in [-0.2, -0.15) is 0 Å². The number of aliphatic carboxylic acids is 1. The van der Waals surface area contributed by atoms with E-state index in [-0.39, 0.29) is 17.6 Å². The molecule has 2 rings (SSSR count). The third-order valence-electron chi connectivity index (χ3n) is 3.28. The van der Waals surface area contributed by atoms with E-state index in [2.05, 4.69) is 0 Å². The maximum atomic E-state index is 11.2. The summed E-state index contributed by atoms with van der Waals surface area (Å²) in [4.78, 5) is 22.1. The summed E-state index contributed by atoms with van der Waals surface area (Å²) >= 11 is 0. The molecule has 0 bridgehead atoms. The molecule has 1 aromatic heterocycles. The molecule has 1 N–H and O–H groups in total. The Labute approximate surface area is 93.9 Å². The highest BCUT2D eigenvalue weighted by molar-refractivity contribution is 5.82. The van der Waals surface area contributed by atoms with Crippen molar-refractivity contribution in [3.05, 3.63) is 24.0 Å². The number of carbonyl (C=O) groups excluding carboxylic acids is 1. The Morgan fingerprint density at radius 1 is 1.56 bits per heavy atom. The Balaban J connectivity index is 2.21. The molecule has 86 valence electrons. The van der Waals surface area contributed by atoms with Crippen molar-refractivity contribution in [1.82, 2.24) is 4.57 Å². The van der Waals surface area contributed by atoms with E-state index in [0.29, 0.717) is 0 Å². The van der Waals surface area contributed by atoms with Gasteiger partial charge in [0.2, 0.25) is 0 Å². The van der Waals surface area contributed by atoms with Crippen molar-refractivity contribution < 1.29 is 14.7 Å². The lowest BCUT2D eigenvalue weighted by Gasteiger charge is -2.13. The van der Waals surface area contributed by atoms with Gasteiger partial charge in [0, 0.05) is 23.7 Å². The Hall–Kier alpha value is -1.58. The average Bonchev–Trinajstić information content (AvgIpc) is 2.88. The molecule has 4 nitrogen and oxygen atoms in total. The molecule has 0 amide bonds. The van der Waals surface area contributed by atoms with Crippen molar-refractivity contribution in [3.8, 4) is 0 Å². The van der Waals surface area contributed by atoms with Crippen LogP contribution in [0.3, 0.4) is 0 Å². The van der Waals surface area contributed by atoms with E-state index in [1.54, 1.807) is 24.6 Å². The van der Waals surface area contributed by atoms with Crippen LogP contribution in [0, 0.1) is 5.92 Å². The monoisotopic (exact) mass is 221 g/mol. The molecular weight excluding hydrogens is 206 g/mol. The summed E-state index contributed by atoms with van der Waals surface area (Å²) in [6, 6.07) is 3.18. The molecular formula is C12H15NO3. The molecule has 0 saturated heterocycles. The van der Waals surface area contributed by atoms with Gasteiger partial charge in [-0.15, -0.1) is 0 Å².